The Hall–Kier alpha value is -0.850. The van der Waals surface area contributed by atoms with Crippen LogP contribution >= 0.6 is 0 Å². The smallest absolute Gasteiger partial charge is 0.127 e. The quantitative estimate of drug-likeness (QED) is 0.602. The highest BCUT2D eigenvalue weighted by Gasteiger charge is 2.25. The molecule has 1 aliphatic carbocycles. The Morgan fingerprint density at radius 2 is 1.73 bits per heavy atom. The molecule has 0 radical (unpaired) electrons. The van der Waals surface area contributed by atoms with E-state index in [1.807, 2.05) is 6.07 Å². The molecule has 2 rings (SSSR count). The van der Waals surface area contributed by atoms with Gasteiger partial charge in [-0.25, -0.2) is 4.39 Å². The molecule has 0 saturated heterocycles. The predicted molar refractivity (Wildman–Crippen MR) is 61.7 cm³/mol. The van der Waals surface area contributed by atoms with Crippen LogP contribution in [0, 0.1) is 5.82 Å². The number of hydrogen-bond donors (Lipinski definition) is 0. The van der Waals surface area contributed by atoms with Gasteiger partial charge >= 0.3 is 0 Å². The number of rotatable bonds is 0. The lowest BCUT2D eigenvalue weighted by Gasteiger charge is -2.28. The van der Waals surface area contributed by atoms with Crippen molar-refractivity contribution in [3.8, 4) is 0 Å². The van der Waals surface area contributed by atoms with Crippen LogP contribution in [0.4, 0.5) is 4.39 Å². The van der Waals surface area contributed by atoms with Crippen molar-refractivity contribution in [2.75, 3.05) is 0 Å². The first-order valence-electron chi connectivity index (χ1n) is 5.81. The summed E-state index contributed by atoms with van der Waals surface area (Å²) in [6.45, 7) is 6.29. The molecule has 0 bridgehead atoms. The van der Waals surface area contributed by atoms with Crippen molar-refractivity contribution in [3.63, 3.8) is 0 Å². The molecule has 0 N–H and O–H groups in total. The Morgan fingerprint density at radius 1 is 1.07 bits per heavy atom. The molecule has 1 aromatic carbocycles. The van der Waals surface area contributed by atoms with E-state index in [2.05, 4.69) is 20.8 Å². The predicted octanol–water partition coefficient (Wildman–Crippen LogP) is 4.00. The molecule has 1 aliphatic rings. The third-order valence-electron chi connectivity index (χ3n) is 3.23. The zero-order valence-corrected chi connectivity index (χ0v) is 9.86. The van der Waals surface area contributed by atoms with Crippen LogP contribution in [0.1, 0.15) is 50.3 Å². The summed E-state index contributed by atoms with van der Waals surface area (Å²) in [6, 6.07) is 3.61. The summed E-state index contributed by atoms with van der Waals surface area (Å²) in [5.74, 6) is -0.0249. The first-order chi connectivity index (χ1) is 7.00. The van der Waals surface area contributed by atoms with Crippen LogP contribution in [-0.4, -0.2) is 0 Å². The van der Waals surface area contributed by atoms with Crippen LogP contribution < -0.4 is 0 Å². The SMILES string of the molecule is CC(C)(C)c1c(F)ccc2c1CCCC2. The average molecular weight is 206 g/mol. The van der Waals surface area contributed by atoms with Crippen molar-refractivity contribution in [1.82, 2.24) is 0 Å². The largest absolute Gasteiger partial charge is 0.207 e. The molecule has 0 aliphatic heterocycles. The zero-order valence-electron chi connectivity index (χ0n) is 9.86. The van der Waals surface area contributed by atoms with Gasteiger partial charge in [0, 0.05) is 0 Å². The fraction of sp³-hybridized carbons (Fsp3) is 0.571. The average Bonchev–Trinajstić information content (AvgIpc) is 2.15. The maximum Gasteiger partial charge on any atom is 0.127 e. The Balaban J connectivity index is 2.60. The highest BCUT2D eigenvalue weighted by Crippen LogP contribution is 2.34. The summed E-state index contributed by atoms with van der Waals surface area (Å²) in [7, 11) is 0. The molecule has 0 saturated carbocycles. The normalized spacial score (nSPS) is 16.3. The molecule has 1 aromatic rings. The fourth-order valence-corrected chi connectivity index (χ4v) is 2.61. The Kier molecular flexibility index (Phi) is 2.57. The van der Waals surface area contributed by atoms with E-state index in [4.69, 9.17) is 0 Å². The molecular weight excluding hydrogens is 187 g/mol. The molecule has 82 valence electrons. The molecule has 0 aromatic heterocycles. The lowest BCUT2D eigenvalue weighted by molar-refractivity contribution is 0.507. The number of halogens is 1. The minimum Gasteiger partial charge on any atom is -0.207 e. The minimum atomic E-state index is -0.0766. The lowest BCUT2D eigenvalue weighted by atomic mass is 9.77. The Labute approximate surface area is 91.5 Å². The van der Waals surface area contributed by atoms with Gasteiger partial charge in [-0.3, -0.25) is 0 Å². The van der Waals surface area contributed by atoms with E-state index in [0.29, 0.717) is 0 Å². The van der Waals surface area contributed by atoms with Crippen molar-refractivity contribution >= 4 is 0 Å². The second kappa shape index (κ2) is 3.62. The number of hydrogen-bond acceptors (Lipinski definition) is 0. The van der Waals surface area contributed by atoms with E-state index in [9.17, 15) is 4.39 Å². The molecule has 0 amide bonds. The monoisotopic (exact) mass is 206 g/mol. The van der Waals surface area contributed by atoms with Crippen LogP contribution in [-0.2, 0) is 18.3 Å². The maximum atomic E-state index is 13.9. The summed E-state index contributed by atoms with van der Waals surface area (Å²) in [4.78, 5) is 0. The second-order valence-electron chi connectivity index (χ2n) is 5.52. The topological polar surface area (TPSA) is 0 Å². The van der Waals surface area contributed by atoms with E-state index in [0.717, 1.165) is 18.4 Å². The molecule has 0 nitrogen and oxygen atoms in total. The highest BCUT2D eigenvalue weighted by molar-refractivity contribution is 5.41. The van der Waals surface area contributed by atoms with Gasteiger partial charge in [-0.2, -0.15) is 0 Å². The molecular formula is C14H19F. The third kappa shape index (κ3) is 1.92. The summed E-state index contributed by atoms with van der Waals surface area (Å²) >= 11 is 0. The van der Waals surface area contributed by atoms with Gasteiger partial charge in [0.2, 0.25) is 0 Å². The molecule has 15 heavy (non-hydrogen) atoms. The van der Waals surface area contributed by atoms with Gasteiger partial charge in [-0.15, -0.1) is 0 Å². The van der Waals surface area contributed by atoms with Crippen LogP contribution in [0.25, 0.3) is 0 Å². The van der Waals surface area contributed by atoms with Gasteiger partial charge < -0.3 is 0 Å². The van der Waals surface area contributed by atoms with Crippen LogP contribution in [0.15, 0.2) is 12.1 Å². The van der Waals surface area contributed by atoms with Crippen LogP contribution in [0.5, 0.6) is 0 Å². The first kappa shape index (κ1) is 10.7. The van der Waals surface area contributed by atoms with E-state index in [1.165, 1.54) is 24.0 Å². The summed E-state index contributed by atoms with van der Waals surface area (Å²) in [5.41, 5.74) is 3.52. The molecule has 0 fully saturated rings. The van der Waals surface area contributed by atoms with Crippen LogP contribution in [0.2, 0.25) is 0 Å². The van der Waals surface area contributed by atoms with Gasteiger partial charge in [0.15, 0.2) is 0 Å². The van der Waals surface area contributed by atoms with Crippen molar-refractivity contribution < 1.29 is 4.39 Å². The zero-order chi connectivity index (χ0) is 11.1. The van der Waals surface area contributed by atoms with Crippen molar-refractivity contribution in [2.45, 2.75) is 51.9 Å². The molecule has 0 unspecified atom stereocenters. The van der Waals surface area contributed by atoms with Gasteiger partial charge in [0.05, 0.1) is 0 Å². The van der Waals surface area contributed by atoms with Gasteiger partial charge in [-0.05, 0) is 53.9 Å². The van der Waals surface area contributed by atoms with Crippen LogP contribution in [0.3, 0.4) is 0 Å². The minimum absolute atomic E-state index is 0.0249. The fourth-order valence-electron chi connectivity index (χ4n) is 2.61. The summed E-state index contributed by atoms with van der Waals surface area (Å²) in [6.07, 6.45) is 4.64. The summed E-state index contributed by atoms with van der Waals surface area (Å²) < 4.78 is 13.9. The summed E-state index contributed by atoms with van der Waals surface area (Å²) in [5, 5.41) is 0. The van der Waals surface area contributed by atoms with E-state index >= 15 is 0 Å². The van der Waals surface area contributed by atoms with Gasteiger partial charge in [-0.1, -0.05) is 26.8 Å². The molecule has 1 heteroatoms. The lowest BCUT2D eigenvalue weighted by Crippen LogP contribution is -2.19. The first-order valence-corrected chi connectivity index (χ1v) is 5.81. The maximum absolute atomic E-state index is 13.9. The Morgan fingerprint density at radius 3 is 2.40 bits per heavy atom. The van der Waals surface area contributed by atoms with E-state index in [-0.39, 0.29) is 11.2 Å². The number of aryl methyl sites for hydroxylation is 1. The Bertz CT molecular complexity index is 372. The second-order valence-corrected chi connectivity index (χ2v) is 5.52. The standard InChI is InChI=1S/C14H19F/c1-14(2,3)13-11-7-5-4-6-10(11)8-9-12(13)15/h8-9H,4-7H2,1-3H3. The molecule has 0 heterocycles. The number of fused-ring (bicyclic) bond motifs is 1. The van der Waals surface area contributed by atoms with E-state index < -0.39 is 0 Å². The van der Waals surface area contributed by atoms with Crippen molar-refractivity contribution in [1.29, 1.82) is 0 Å². The molecule has 0 atom stereocenters. The van der Waals surface area contributed by atoms with Crippen molar-refractivity contribution in [3.05, 3.63) is 34.6 Å². The van der Waals surface area contributed by atoms with Gasteiger partial charge in [0.25, 0.3) is 0 Å². The third-order valence-corrected chi connectivity index (χ3v) is 3.23. The highest BCUT2D eigenvalue weighted by atomic mass is 19.1. The molecule has 0 spiro atoms. The van der Waals surface area contributed by atoms with E-state index in [1.54, 1.807) is 6.07 Å². The van der Waals surface area contributed by atoms with Gasteiger partial charge in [0.1, 0.15) is 5.82 Å². The van der Waals surface area contributed by atoms with Crippen molar-refractivity contribution in [2.24, 2.45) is 0 Å². The number of benzene rings is 1.